The van der Waals surface area contributed by atoms with E-state index < -0.39 is 12.1 Å². The van der Waals surface area contributed by atoms with Crippen LogP contribution in [0.15, 0.2) is 45.3 Å². The molecule has 1 atom stereocenters. The first-order valence-corrected chi connectivity index (χ1v) is 8.92. The van der Waals surface area contributed by atoms with Crippen LogP contribution < -0.4 is 9.47 Å². The molecule has 0 saturated heterocycles. The maximum absolute atomic E-state index is 12.3. The van der Waals surface area contributed by atoms with Crippen molar-refractivity contribution in [1.82, 2.24) is 0 Å². The number of hydrogen-bond donors (Lipinski definition) is 0. The third-order valence-electron chi connectivity index (χ3n) is 3.40. The standard InChI is InChI=1S/C18H18Br2O3/c1-4-13-6-5-11(2)17(9-13)23-18(21)12(3)22-16-8-7-14(19)10-15(16)20/h5-10,12H,4H2,1-3H3. The highest BCUT2D eigenvalue weighted by atomic mass is 79.9. The quantitative estimate of drug-likeness (QED) is 0.456. The maximum atomic E-state index is 12.3. The summed E-state index contributed by atoms with van der Waals surface area (Å²) >= 11 is 6.79. The molecular formula is C18H18Br2O3. The molecule has 2 rings (SSSR count). The molecule has 0 radical (unpaired) electrons. The van der Waals surface area contributed by atoms with Gasteiger partial charge in [0.25, 0.3) is 0 Å². The Balaban J connectivity index is 2.08. The zero-order chi connectivity index (χ0) is 17.0. The Hall–Kier alpha value is -1.33. The fourth-order valence-electron chi connectivity index (χ4n) is 1.98. The number of benzene rings is 2. The molecule has 0 heterocycles. The van der Waals surface area contributed by atoms with E-state index in [0.29, 0.717) is 11.5 Å². The van der Waals surface area contributed by atoms with Crippen LogP contribution in [0.25, 0.3) is 0 Å². The van der Waals surface area contributed by atoms with E-state index in [1.165, 1.54) is 0 Å². The summed E-state index contributed by atoms with van der Waals surface area (Å²) in [6.07, 6.45) is 0.181. The summed E-state index contributed by atoms with van der Waals surface area (Å²) in [5, 5.41) is 0. The lowest BCUT2D eigenvalue weighted by Gasteiger charge is -2.16. The van der Waals surface area contributed by atoms with Crippen molar-refractivity contribution in [3.05, 3.63) is 56.5 Å². The summed E-state index contributed by atoms with van der Waals surface area (Å²) in [7, 11) is 0. The Labute approximate surface area is 153 Å². The SMILES string of the molecule is CCc1ccc(C)c(OC(=O)C(C)Oc2ccc(Br)cc2Br)c1. The second kappa shape index (κ2) is 7.97. The van der Waals surface area contributed by atoms with Crippen molar-refractivity contribution in [3.63, 3.8) is 0 Å². The van der Waals surface area contributed by atoms with E-state index in [0.717, 1.165) is 26.5 Å². The zero-order valence-electron chi connectivity index (χ0n) is 13.2. The normalized spacial score (nSPS) is 11.9. The number of rotatable bonds is 5. The molecule has 0 bridgehead atoms. The summed E-state index contributed by atoms with van der Waals surface area (Å²) in [5.74, 6) is 0.757. The highest BCUT2D eigenvalue weighted by Gasteiger charge is 2.19. The molecular weight excluding hydrogens is 424 g/mol. The van der Waals surface area contributed by atoms with Gasteiger partial charge in [0.15, 0.2) is 6.10 Å². The molecule has 122 valence electrons. The van der Waals surface area contributed by atoms with Gasteiger partial charge in [0, 0.05) is 4.47 Å². The Morgan fingerprint density at radius 3 is 2.52 bits per heavy atom. The molecule has 0 saturated carbocycles. The van der Waals surface area contributed by atoms with Gasteiger partial charge in [0.05, 0.1) is 4.47 Å². The van der Waals surface area contributed by atoms with Crippen LogP contribution in [0.3, 0.4) is 0 Å². The van der Waals surface area contributed by atoms with Crippen LogP contribution in [0.1, 0.15) is 25.0 Å². The minimum Gasteiger partial charge on any atom is -0.478 e. The van der Waals surface area contributed by atoms with Crippen LogP contribution in [0.4, 0.5) is 0 Å². The van der Waals surface area contributed by atoms with Crippen molar-refractivity contribution >= 4 is 37.8 Å². The Morgan fingerprint density at radius 1 is 1.13 bits per heavy atom. The van der Waals surface area contributed by atoms with Crippen LogP contribution in [0, 0.1) is 6.92 Å². The first-order valence-electron chi connectivity index (χ1n) is 7.33. The molecule has 23 heavy (non-hydrogen) atoms. The van der Waals surface area contributed by atoms with Crippen LogP contribution in [0.5, 0.6) is 11.5 Å². The van der Waals surface area contributed by atoms with Gasteiger partial charge in [-0.1, -0.05) is 35.0 Å². The number of halogens is 2. The summed E-state index contributed by atoms with van der Waals surface area (Å²) in [6, 6.07) is 11.4. The lowest BCUT2D eigenvalue weighted by atomic mass is 10.1. The van der Waals surface area contributed by atoms with Gasteiger partial charge in [-0.15, -0.1) is 0 Å². The molecule has 0 aliphatic carbocycles. The van der Waals surface area contributed by atoms with Crippen molar-refractivity contribution in [3.8, 4) is 11.5 Å². The van der Waals surface area contributed by atoms with E-state index >= 15 is 0 Å². The van der Waals surface area contributed by atoms with Crippen LogP contribution in [0.2, 0.25) is 0 Å². The van der Waals surface area contributed by atoms with Gasteiger partial charge in [-0.05, 0) is 71.6 Å². The molecule has 0 aromatic heterocycles. The third-order valence-corrected chi connectivity index (χ3v) is 4.51. The number of hydrogen-bond acceptors (Lipinski definition) is 3. The highest BCUT2D eigenvalue weighted by Crippen LogP contribution is 2.29. The average molecular weight is 442 g/mol. The maximum Gasteiger partial charge on any atom is 0.352 e. The van der Waals surface area contributed by atoms with E-state index in [9.17, 15) is 4.79 Å². The molecule has 0 spiro atoms. The Kier molecular flexibility index (Phi) is 6.25. The molecule has 0 aliphatic rings. The molecule has 0 aliphatic heterocycles. The number of ether oxygens (including phenoxy) is 2. The fourth-order valence-corrected chi connectivity index (χ4v) is 3.12. The summed E-state index contributed by atoms with van der Waals surface area (Å²) in [6.45, 7) is 5.65. The predicted octanol–water partition coefficient (Wildman–Crippen LogP) is 5.46. The topological polar surface area (TPSA) is 35.5 Å². The number of carbonyl (C=O) groups is 1. The van der Waals surface area contributed by atoms with Crippen molar-refractivity contribution in [2.45, 2.75) is 33.3 Å². The molecule has 1 unspecified atom stereocenters. The van der Waals surface area contributed by atoms with E-state index in [-0.39, 0.29) is 0 Å². The van der Waals surface area contributed by atoms with E-state index in [4.69, 9.17) is 9.47 Å². The minimum atomic E-state index is -0.711. The fraction of sp³-hybridized carbons (Fsp3) is 0.278. The molecule has 5 heteroatoms. The summed E-state index contributed by atoms with van der Waals surface area (Å²) < 4.78 is 12.9. The van der Waals surface area contributed by atoms with Gasteiger partial charge >= 0.3 is 5.97 Å². The molecule has 0 amide bonds. The van der Waals surface area contributed by atoms with Gasteiger partial charge in [-0.3, -0.25) is 0 Å². The smallest absolute Gasteiger partial charge is 0.352 e. The number of aryl methyl sites for hydroxylation is 2. The lowest BCUT2D eigenvalue weighted by molar-refractivity contribution is -0.141. The second-order valence-corrected chi connectivity index (χ2v) is 6.98. The first-order chi connectivity index (χ1) is 10.9. The van der Waals surface area contributed by atoms with Gasteiger partial charge in [0.2, 0.25) is 0 Å². The van der Waals surface area contributed by atoms with Gasteiger partial charge in [-0.25, -0.2) is 4.79 Å². The van der Waals surface area contributed by atoms with Crippen LogP contribution in [-0.4, -0.2) is 12.1 Å². The van der Waals surface area contributed by atoms with Gasteiger partial charge in [0.1, 0.15) is 11.5 Å². The third kappa shape index (κ3) is 4.82. The summed E-state index contributed by atoms with van der Waals surface area (Å²) in [4.78, 5) is 12.3. The van der Waals surface area contributed by atoms with Crippen molar-refractivity contribution in [2.24, 2.45) is 0 Å². The van der Waals surface area contributed by atoms with Crippen molar-refractivity contribution in [1.29, 1.82) is 0 Å². The molecule has 3 nitrogen and oxygen atoms in total. The second-order valence-electron chi connectivity index (χ2n) is 5.21. The summed E-state index contributed by atoms with van der Waals surface area (Å²) in [5.41, 5.74) is 2.05. The average Bonchev–Trinajstić information content (AvgIpc) is 2.52. The monoisotopic (exact) mass is 440 g/mol. The Bertz CT molecular complexity index is 713. The molecule has 2 aromatic rings. The highest BCUT2D eigenvalue weighted by molar-refractivity contribution is 9.11. The lowest BCUT2D eigenvalue weighted by Crippen LogP contribution is -2.28. The Morgan fingerprint density at radius 2 is 1.87 bits per heavy atom. The van der Waals surface area contributed by atoms with Gasteiger partial charge in [-0.2, -0.15) is 0 Å². The van der Waals surface area contributed by atoms with Crippen molar-refractivity contribution in [2.75, 3.05) is 0 Å². The van der Waals surface area contributed by atoms with Gasteiger partial charge < -0.3 is 9.47 Å². The minimum absolute atomic E-state index is 0.420. The van der Waals surface area contributed by atoms with E-state index in [1.807, 2.05) is 37.3 Å². The van der Waals surface area contributed by atoms with E-state index in [1.54, 1.807) is 13.0 Å². The molecule has 2 aromatic carbocycles. The number of esters is 1. The van der Waals surface area contributed by atoms with Crippen molar-refractivity contribution < 1.29 is 14.3 Å². The predicted molar refractivity (Wildman–Crippen MR) is 98.1 cm³/mol. The zero-order valence-corrected chi connectivity index (χ0v) is 16.4. The van der Waals surface area contributed by atoms with E-state index in [2.05, 4.69) is 38.8 Å². The largest absolute Gasteiger partial charge is 0.478 e. The van der Waals surface area contributed by atoms with Crippen LogP contribution in [-0.2, 0) is 11.2 Å². The molecule has 0 fully saturated rings. The first kappa shape index (κ1) is 18.0. The molecule has 0 N–H and O–H groups in total. The number of carbonyl (C=O) groups excluding carboxylic acids is 1. The van der Waals surface area contributed by atoms with Crippen LogP contribution >= 0.6 is 31.9 Å².